The van der Waals surface area contributed by atoms with Crippen LogP contribution in [0.4, 0.5) is 0 Å². The Balaban J connectivity index is 3.51. The second-order valence-electron chi connectivity index (χ2n) is 2.85. The molecule has 1 N–H and O–H groups in total. The Hall–Kier alpha value is 0.260. The van der Waals surface area contributed by atoms with Gasteiger partial charge >= 0.3 is 0 Å². The second kappa shape index (κ2) is 5.83. The molecular formula is C7H16O3S2. The zero-order valence-corrected chi connectivity index (χ0v) is 9.12. The standard InChI is InChI=1S/C7H16O3S2/c1-11-5-3-7(8)4-6-12(2,9)10/h7-8H,3-6H2,1-2H3. The quantitative estimate of drug-likeness (QED) is 0.698. The largest absolute Gasteiger partial charge is 0.393 e. The van der Waals surface area contributed by atoms with Crippen LogP contribution < -0.4 is 0 Å². The van der Waals surface area contributed by atoms with E-state index >= 15 is 0 Å². The van der Waals surface area contributed by atoms with E-state index in [4.69, 9.17) is 0 Å². The average Bonchev–Trinajstić information content (AvgIpc) is 1.95. The van der Waals surface area contributed by atoms with Gasteiger partial charge in [-0.25, -0.2) is 8.42 Å². The van der Waals surface area contributed by atoms with Crippen molar-refractivity contribution < 1.29 is 13.5 Å². The minimum Gasteiger partial charge on any atom is -0.393 e. The molecule has 0 saturated carbocycles. The van der Waals surface area contributed by atoms with E-state index in [2.05, 4.69) is 0 Å². The smallest absolute Gasteiger partial charge is 0.147 e. The van der Waals surface area contributed by atoms with Crippen LogP contribution in [-0.4, -0.2) is 43.6 Å². The van der Waals surface area contributed by atoms with E-state index in [9.17, 15) is 13.5 Å². The molecule has 0 saturated heterocycles. The minimum absolute atomic E-state index is 0.0859. The maximum absolute atomic E-state index is 10.7. The van der Waals surface area contributed by atoms with Crippen molar-refractivity contribution in [2.24, 2.45) is 0 Å². The van der Waals surface area contributed by atoms with Crippen LogP contribution in [-0.2, 0) is 9.84 Å². The maximum Gasteiger partial charge on any atom is 0.147 e. The number of sulfone groups is 1. The molecule has 1 unspecified atom stereocenters. The normalized spacial score (nSPS) is 14.6. The molecule has 12 heavy (non-hydrogen) atoms. The van der Waals surface area contributed by atoms with E-state index in [1.165, 1.54) is 6.26 Å². The highest BCUT2D eigenvalue weighted by Gasteiger charge is 2.08. The highest BCUT2D eigenvalue weighted by atomic mass is 32.2. The molecule has 0 fully saturated rings. The number of thioether (sulfide) groups is 1. The summed E-state index contributed by atoms with van der Waals surface area (Å²) in [7, 11) is -2.91. The van der Waals surface area contributed by atoms with Crippen molar-refractivity contribution in [3.63, 3.8) is 0 Å². The maximum atomic E-state index is 10.7. The molecule has 0 aromatic heterocycles. The number of aliphatic hydroxyl groups is 1. The Kier molecular flexibility index (Phi) is 5.96. The Bertz CT molecular complexity index is 199. The summed E-state index contributed by atoms with van der Waals surface area (Å²) in [4.78, 5) is 0. The Morgan fingerprint density at radius 1 is 1.42 bits per heavy atom. The van der Waals surface area contributed by atoms with Crippen LogP contribution in [0.15, 0.2) is 0 Å². The molecule has 0 spiro atoms. The first-order chi connectivity index (χ1) is 5.45. The summed E-state index contributed by atoms with van der Waals surface area (Å²) in [6.07, 6.45) is 3.72. The van der Waals surface area contributed by atoms with Crippen LogP contribution in [0.5, 0.6) is 0 Å². The summed E-state index contributed by atoms with van der Waals surface area (Å²) in [5, 5.41) is 9.27. The fraction of sp³-hybridized carbons (Fsp3) is 1.00. The minimum atomic E-state index is -2.91. The van der Waals surface area contributed by atoms with E-state index in [-0.39, 0.29) is 5.75 Å². The van der Waals surface area contributed by atoms with Gasteiger partial charge in [-0.15, -0.1) is 0 Å². The lowest BCUT2D eigenvalue weighted by Gasteiger charge is -2.07. The molecule has 0 aromatic carbocycles. The second-order valence-corrected chi connectivity index (χ2v) is 6.10. The summed E-state index contributed by atoms with van der Waals surface area (Å²) in [5.41, 5.74) is 0. The first-order valence-corrected chi connectivity index (χ1v) is 7.26. The third kappa shape index (κ3) is 8.36. The van der Waals surface area contributed by atoms with Crippen LogP contribution in [0, 0.1) is 0 Å². The predicted octanol–water partition coefficient (Wildman–Crippen LogP) is 0.535. The van der Waals surface area contributed by atoms with Crippen molar-refractivity contribution >= 4 is 21.6 Å². The van der Waals surface area contributed by atoms with E-state index in [1.807, 2.05) is 6.26 Å². The van der Waals surface area contributed by atoms with Crippen LogP contribution in [0.25, 0.3) is 0 Å². The van der Waals surface area contributed by atoms with Crippen molar-refractivity contribution in [3.8, 4) is 0 Å². The van der Waals surface area contributed by atoms with E-state index in [1.54, 1.807) is 11.8 Å². The molecule has 0 aliphatic heterocycles. The van der Waals surface area contributed by atoms with Gasteiger partial charge in [-0.2, -0.15) is 11.8 Å². The molecule has 74 valence electrons. The average molecular weight is 212 g/mol. The molecular weight excluding hydrogens is 196 g/mol. The van der Waals surface area contributed by atoms with Crippen LogP contribution >= 0.6 is 11.8 Å². The molecule has 0 rings (SSSR count). The van der Waals surface area contributed by atoms with Gasteiger partial charge in [-0.3, -0.25) is 0 Å². The Morgan fingerprint density at radius 3 is 2.42 bits per heavy atom. The van der Waals surface area contributed by atoms with Gasteiger partial charge in [-0.05, 0) is 24.9 Å². The van der Waals surface area contributed by atoms with Crippen LogP contribution in [0.1, 0.15) is 12.8 Å². The van der Waals surface area contributed by atoms with Crippen molar-refractivity contribution in [2.45, 2.75) is 18.9 Å². The fourth-order valence-electron chi connectivity index (χ4n) is 0.748. The molecule has 0 heterocycles. The van der Waals surface area contributed by atoms with Gasteiger partial charge in [0.15, 0.2) is 0 Å². The number of aliphatic hydroxyl groups excluding tert-OH is 1. The Labute approximate surface area is 78.5 Å². The van der Waals surface area contributed by atoms with Crippen molar-refractivity contribution in [1.82, 2.24) is 0 Å². The van der Waals surface area contributed by atoms with E-state index in [0.717, 1.165) is 5.75 Å². The van der Waals surface area contributed by atoms with Gasteiger partial charge in [-0.1, -0.05) is 0 Å². The summed E-state index contributed by atoms with van der Waals surface area (Å²) < 4.78 is 21.4. The lowest BCUT2D eigenvalue weighted by molar-refractivity contribution is 0.168. The Morgan fingerprint density at radius 2 is 2.00 bits per heavy atom. The highest BCUT2D eigenvalue weighted by molar-refractivity contribution is 7.98. The highest BCUT2D eigenvalue weighted by Crippen LogP contribution is 2.04. The fourth-order valence-corrected chi connectivity index (χ4v) is 1.96. The molecule has 0 aromatic rings. The zero-order chi connectivity index (χ0) is 9.61. The lowest BCUT2D eigenvalue weighted by Crippen LogP contribution is -2.14. The molecule has 0 amide bonds. The van der Waals surface area contributed by atoms with Crippen LogP contribution in [0.2, 0.25) is 0 Å². The van der Waals surface area contributed by atoms with Crippen molar-refractivity contribution in [1.29, 1.82) is 0 Å². The number of hydrogen-bond acceptors (Lipinski definition) is 4. The molecule has 5 heteroatoms. The van der Waals surface area contributed by atoms with Gasteiger partial charge in [0, 0.05) is 6.26 Å². The van der Waals surface area contributed by atoms with E-state index in [0.29, 0.717) is 12.8 Å². The zero-order valence-electron chi connectivity index (χ0n) is 7.49. The molecule has 0 bridgehead atoms. The molecule has 0 aliphatic rings. The number of hydrogen-bond donors (Lipinski definition) is 1. The molecule has 0 radical (unpaired) electrons. The van der Waals surface area contributed by atoms with Gasteiger partial charge in [0.05, 0.1) is 11.9 Å². The number of rotatable bonds is 6. The molecule has 1 atom stereocenters. The summed E-state index contributed by atoms with van der Waals surface area (Å²) in [6, 6.07) is 0. The third-order valence-corrected chi connectivity index (χ3v) is 3.10. The van der Waals surface area contributed by atoms with Crippen molar-refractivity contribution in [2.75, 3.05) is 24.0 Å². The van der Waals surface area contributed by atoms with Crippen LogP contribution in [0.3, 0.4) is 0 Å². The van der Waals surface area contributed by atoms with Gasteiger partial charge in [0.1, 0.15) is 9.84 Å². The van der Waals surface area contributed by atoms with E-state index < -0.39 is 15.9 Å². The first kappa shape index (κ1) is 12.3. The molecule has 0 aliphatic carbocycles. The summed E-state index contributed by atoms with van der Waals surface area (Å²) in [5.74, 6) is 0.966. The van der Waals surface area contributed by atoms with Gasteiger partial charge in [0.25, 0.3) is 0 Å². The van der Waals surface area contributed by atoms with Gasteiger partial charge in [0.2, 0.25) is 0 Å². The van der Waals surface area contributed by atoms with Crippen molar-refractivity contribution in [3.05, 3.63) is 0 Å². The third-order valence-electron chi connectivity index (χ3n) is 1.48. The SMILES string of the molecule is CSCCC(O)CCS(C)(=O)=O. The molecule has 3 nitrogen and oxygen atoms in total. The summed E-state index contributed by atoms with van der Waals surface area (Å²) in [6.45, 7) is 0. The first-order valence-electron chi connectivity index (χ1n) is 3.80. The lowest BCUT2D eigenvalue weighted by atomic mass is 10.2. The predicted molar refractivity (Wildman–Crippen MR) is 53.3 cm³/mol. The topological polar surface area (TPSA) is 54.4 Å². The summed E-state index contributed by atoms with van der Waals surface area (Å²) >= 11 is 1.65. The monoisotopic (exact) mass is 212 g/mol. The van der Waals surface area contributed by atoms with Gasteiger partial charge < -0.3 is 5.11 Å².